The monoisotopic (exact) mass is 206 g/mol. The van der Waals surface area contributed by atoms with Crippen LogP contribution in [-0.2, 0) is 9.59 Å². The van der Waals surface area contributed by atoms with E-state index in [1.807, 2.05) is 0 Å². The van der Waals surface area contributed by atoms with Crippen molar-refractivity contribution >= 4 is 23.7 Å². The predicted octanol–water partition coefficient (Wildman–Crippen LogP) is -0.182. The van der Waals surface area contributed by atoms with Gasteiger partial charge >= 0.3 is 0 Å². The van der Waals surface area contributed by atoms with Crippen molar-refractivity contribution in [3.63, 3.8) is 0 Å². The Morgan fingerprint density at radius 1 is 1.46 bits per heavy atom. The average Bonchev–Trinajstić information content (AvgIpc) is 2.15. The zero-order chi connectivity index (χ0) is 10.3. The van der Waals surface area contributed by atoms with Crippen molar-refractivity contribution in [3.05, 3.63) is 0 Å². The van der Waals surface area contributed by atoms with Crippen LogP contribution in [0.5, 0.6) is 0 Å². The maximum atomic E-state index is 11.1. The van der Waals surface area contributed by atoms with Gasteiger partial charge in [0.2, 0.25) is 0 Å². The topological polar surface area (TPSA) is 86.2 Å². The van der Waals surface area contributed by atoms with Crippen LogP contribution < -0.4 is 11.5 Å². The van der Waals surface area contributed by atoms with E-state index in [0.717, 1.165) is 12.8 Å². The molecule has 0 fully saturated rings. The average molecular weight is 207 g/mol. The lowest BCUT2D eigenvalue weighted by Gasteiger charge is -2.10. The minimum Gasteiger partial charge on any atom is -0.330 e. The smallest absolute Gasteiger partial charge is 0.174 e. The Morgan fingerprint density at radius 3 is 2.54 bits per heavy atom. The van der Waals surface area contributed by atoms with Crippen molar-refractivity contribution in [3.8, 4) is 0 Å². The molecule has 0 aromatic heterocycles. The molecular weight excluding hydrogens is 192 g/mol. The number of carbonyl (C=O) groups is 2. The first-order valence-electron chi connectivity index (χ1n) is 4.22. The highest BCUT2D eigenvalue weighted by Gasteiger charge is 2.20. The second kappa shape index (κ2) is 7.00. The number of aldehydes is 1. The van der Waals surface area contributed by atoms with Gasteiger partial charge in [0, 0.05) is 0 Å². The molecule has 0 aliphatic heterocycles. The van der Waals surface area contributed by atoms with Crippen molar-refractivity contribution in [1.82, 2.24) is 0 Å². The highest BCUT2D eigenvalue weighted by Crippen LogP contribution is 2.04. The quantitative estimate of drug-likeness (QED) is 0.262. The Morgan fingerprint density at radius 2 is 2.08 bits per heavy atom. The predicted molar refractivity (Wildman–Crippen MR) is 51.6 cm³/mol. The summed E-state index contributed by atoms with van der Waals surface area (Å²) in [5, 5.41) is -1.10. The van der Waals surface area contributed by atoms with Gasteiger partial charge in [-0.3, -0.25) is 4.79 Å². The largest absolute Gasteiger partial charge is 0.330 e. The molecule has 13 heavy (non-hydrogen) atoms. The molecule has 0 aromatic rings. The number of ketones is 1. The molecule has 0 rings (SSSR count). The van der Waals surface area contributed by atoms with E-state index in [-0.39, 0.29) is 0 Å². The lowest BCUT2D eigenvalue weighted by atomic mass is 10.0. The number of unbranched alkanes of at least 4 members (excludes halogenated alkanes) is 1. The van der Waals surface area contributed by atoms with Gasteiger partial charge in [0.05, 0.1) is 6.04 Å². The van der Waals surface area contributed by atoms with Crippen LogP contribution in [0, 0.1) is 0 Å². The number of halogens is 1. The van der Waals surface area contributed by atoms with E-state index in [9.17, 15) is 9.59 Å². The van der Waals surface area contributed by atoms with Crippen LogP contribution >= 0.6 is 11.6 Å². The van der Waals surface area contributed by atoms with Crippen LogP contribution in [0.4, 0.5) is 0 Å². The molecule has 0 saturated carbocycles. The fourth-order valence-electron chi connectivity index (χ4n) is 0.922. The SMILES string of the molecule is NCCCC[C@H](N)C(=O)C(Cl)C=O. The van der Waals surface area contributed by atoms with E-state index in [4.69, 9.17) is 23.1 Å². The third kappa shape index (κ3) is 4.98. The van der Waals surface area contributed by atoms with Crippen molar-refractivity contribution in [2.24, 2.45) is 11.5 Å². The Labute approximate surface area is 82.6 Å². The van der Waals surface area contributed by atoms with Gasteiger partial charge in [-0.05, 0) is 19.4 Å². The lowest BCUT2D eigenvalue weighted by Crippen LogP contribution is -2.36. The van der Waals surface area contributed by atoms with E-state index in [1.54, 1.807) is 0 Å². The summed E-state index contributed by atoms with van der Waals surface area (Å²) in [4.78, 5) is 21.3. The number of hydrogen-bond acceptors (Lipinski definition) is 4. The zero-order valence-electron chi connectivity index (χ0n) is 7.41. The van der Waals surface area contributed by atoms with E-state index >= 15 is 0 Å². The van der Waals surface area contributed by atoms with Crippen LogP contribution in [0.3, 0.4) is 0 Å². The molecule has 4 nitrogen and oxygen atoms in total. The third-order valence-corrected chi connectivity index (χ3v) is 2.04. The summed E-state index contributed by atoms with van der Waals surface area (Å²) in [5.41, 5.74) is 10.8. The first-order chi connectivity index (χ1) is 6.13. The summed E-state index contributed by atoms with van der Waals surface area (Å²) in [5.74, 6) is -0.409. The summed E-state index contributed by atoms with van der Waals surface area (Å²) >= 11 is 5.40. The number of hydrogen-bond donors (Lipinski definition) is 2. The third-order valence-electron chi connectivity index (χ3n) is 1.73. The second-order valence-corrected chi connectivity index (χ2v) is 3.30. The summed E-state index contributed by atoms with van der Waals surface area (Å²) in [6.07, 6.45) is 2.54. The van der Waals surface area contributed by atoms with E-state index in [0.29, 0.717) is 19.3 Å². The lowest BCUT2D eigenvalue weighted by molar-refractivity contribution is -0.123. The number of Topliss-reactive ketones (excluding diaryl/α,β-unsaturated/α-hetero) is 1. The molecule has 2 atom stereocenters. The van der Waals surface area contributed by atoms with Crippen molar-refractivity contribution in [2.45, 2.75) is 30.7 Å². The van der Waals surface area contributed by atoms with Crippen LogP contribution in [0.1, 0.15) is 19.3 Å². The van der Waals surface area contributed by atoms with Gasteiger partial charge < -0.3 is 16.3 Å². The fourth-order valence-corrected chi connectivity index (χ4v) is 1.08. The number of rotatable bonds is 7. The molecular formula is C8H15ClN2O2. The molecule has 76 valence electrons. The molecule has 0 spiro atoms. The van der Waals surface area contributed by atoms with Gasteiger partial charge in [-0.15, -0.1) is 11.6 Å². The van der Waals surface area contributed by atoms with Gasteiger partial charge in [-0.1, -0.05) is 6.42 Å². The summed E-state index contributed by atoms with van der Waals surface area (Å²) in [6.45, 7) is 0.582. The molecule has 4 N–H and O–H groups in total. The molecule has 0 bridgehead atoms. The molecule has 0 heterocycles. The zero-order valence-corrected chi connectivity index (χ0v) is 8.17. The summed E-state index contributed by atoms with van der Waals surface area (Å²) < 4.78 is 0. The summed E-state index contributed by atoms with van der Waals surface area (Å²) in [6, 6.07) is -0.640. The summed E-state index contributed by atoms with van der Waals surface area (Å²) in [7, 11) is 0. The number of carbonyl (C=O) groups excluding carboxylic acids is 2. The molecule has 0 aliphatic rings. The molecule has 5 heteroatoms. The van der Waals surface area contributed by atoms with Crippen molar-refractivity contribution in [1.29, 1.82) is 0 Å². The van der Waals surface area contributed by atoms with E-state index in [1.165, 1.54) is 0 Å². The Balaban J connectivity index is 3.75. The van der Waals surface area contributed by atoms with Crippen LogP contribution in [0.2, 0.25) is 0 Å². The standard InChI is InChI=1S/C8H15ClN2O2/c9-6(5-12)8(13)7(11)3-1-2-4-10/h5-7H,1-4,10-11H2/t6?,7-/m0/s1. The minimum absolute atomic E-state index is 0.396. The Kier molecular flexibility index (Phi) is 6.76. The highest BCUT2D eigenvalue weighted by molar-refractivity contribution is 6.39. The van der Waals surface area contributed by atoms with Crippen LogP contribution in [0.15, 0.2) is 0 Å². The van der Waals surface area contributed by atoms with Crippen LogP contribution in [0.25, 0.3) is 0 Å². The fraction of sp³-hybridized carbons (Fsp3) is 0.750. The normalized spacial score (nSPS) is 15.0. The maximum absolute atomic E-state index is 11.1. The van der Waals surface area contributed by atoms with Gasteiger partial charge in [-0.25, -0.2) is 0 Å². The molecule has 0 radical (unpaired) electrons. The molecule has 0 saturated heterocycles. The number of nitrogens with two attached hydrogens (primary N) is 2. The number of alkyl halides is 1. The molecule has 0 aliphatic carbocycles. The molecule has 1 unspecified atom stereocenters. The van der Waals surface area contributed by atoms with Crippen molar-refractivity contribution < 1.29 is 9.59 Å². The van der Waals surface area contributed by atoms with Crippen LogP contribution in [-0.4, -0.2) is 30.0 Å². The highest BCUT2D eigenvalue weighted by atomic mass is 35.5. The van der Waals surface area contributed by atoms with Gasteiger partial charge in [0.25, 0.3) is 0 Å². The van der Waals surface area contributed by atoms with Crippen molar-refractivity contribution in [2.75, 3.05) is 6.54 Å². The van der Waals surface area contributed by atoms with Gasteiger partial charge in [0.1, 0.15) is 11.7 Å². The van der Waals surface area contributed by atoms with E-state index in [2.05, 4.69) is 0 Å². The minimum atomic E-state index is -1.10. The molecule has 0 amide bonds. The first-order valence-corrected chi connectivity index (χ1v) is 4.65. The first kappa shape index (κ1) is 12.6. The van der Waals surface area contributed by atoms with E-state index < -0.39 is 17.2 Å². The van der Waals surface area contributed by atoms with Gasteiger partial charge in [0.15, 0.2) is 5.78 Å². The maximum Gasteiger partial charge on any atom is 0.174 e. The Bertz CT molecular complexity index is 176. The Hall–Kier alpha value is -0.450. The van der Waals surface area contributed by atoms with Gasteiger partial charge in [-0.2, -0.15) is 0 Å². The second-order valence-electron chi connectivity index (χ2n) is 2.83. The molecule has 0 aromatic carbocycles.